The van der Waals surface area contributed by atoms with Crippen LogP contribution in [0.25, 0.3) is 11.4 Å². The molecule has 0 aliphatic heterocycles. The van der Waals surface area contributed by atoms with E-state index in [1.165, 1.54) is 24.4 Å². The number of aryl methyl sites for hydroxylation is 1. The highest BCUT2D eigenvalue weighted by Crippen LogP contribution is 2.34. The van der Waals surface area contributed by atoms with Gasteiger partial charge in [-0.1, -0.05) is 15.9 Å². The normalized spacial score (nSPS) is 11.3. The number of carbonyl (C=O) groups is 1. The summed E-state index contributed by atoms with van der Waals surface area (Å²) in [4.78, 5) is 19.7. The Kier molecular flexibility index (Phi) is 5.27. The molecular formula is C17H13BrF3N5O2. The molecule has 0 atom stereocenters. The fourth-order valence-electron chi connectivity index (χ4n) is 2.45. The number of ether oxygens (including phenoxy) is 1. The zero-order valence-electron chi connectivity index (χ0n) is 14.3. The van der Waals surface area contributed by atoms with Gasteiger partial charge in [-0.25, -0.2) is 9.97 Å². The Bertz CT molecular complexity index is 1040. The van der Waals surface area contributed by atoms with Crippen LogP contribution in [0.2, 0.25) is 0 Å². The van der Waals surface area contributed by atoms with Crippen LogP contribution in [0.5, 0.6) is 5.75 Å². The highest BCUT2D eigenvalue weighted by atomic mass is 79.9. The summed E-state index contributed by atoms with van der Waals surface area (Å²) in [6.45, 7) is 0. The minimum Gasteiger partial charge on any atom is -0.404 e. The van der Waals surface area contributed by atoms with Gasteiger partial charge < -0.3 is 20.4 Å². The van der Waals surface area contributed by atoms with Crippen LogP contribution in [0.15, 0.2) is 47.2 Å². The molecule has 0 unspecified atom stereocenters. The minimum absolute atomic E-state index is 0.0218. The van der Waals surface area contributed by atoms with Gasteiger partial charge in [-0.05, 0) is 30.3 Å². The number of carbonyl (C=O) groups excluding carboxylic acids is 1. The van der Waals surface area contributed by atoms with E-state index in [-0.39, 0.29) is 11.6 Å². The third-order valence-electron chi connectivity index (χ3n) is 3.62. The summed E-state index contributed by atoms with van der Waals surface area (Å²) in [5.74, 6) is -0.971. The van der Waals surface area contributed by atoms with Crippen molar-refractivity contribution in [3.8, 4) is 17.1 Å². The Hall–Kier alpha value is -3.08. The lowest BCUT2D eigenvalue weighted by atomic mass is 10.2. The number of benzene rings is 1. The fourth-order valence-corrected chi connectivity index (χ4v) is 2.81. The summed E-state index contributed by atoms with van der Waals surface area (Å²) in [7, 11) is 1.71. The van der Waals surface area contributed by atoms with Crippen LogP contribution in [0.1, 0.15) is 10.4 Å². The first-order valence-corrected chi connectivity index (χ1v) is 8.53. The highest BCUT2D eigenvalue weighted by Gasteiger charge is 2.32. The van der Waals surface area contributed by atoms with E-state index in [1.54, 1.807) is 29.9 Å². The zero-order chi connectivity index (χ0) is 20.5. The molecule has 1 amide bonds. The van der Waals surface area contributed by atoms with Gasteiger partial charge in [0.25, 0.3) is 0 Å². The summed E-state index contributed by atoms with van der Waals surface area (Å²) in [5, 5.41) is 2.72. The van der Waals surface area contributed by atoms with Gasteiger partial charge in [-0.15, -0.1) is 13.2 Å². The molecule has 2 heterocycles. The van der Waals surface area contributed by atoms with E-state index in [0.29, 0.717) is 21.4 Å². The fraction of sp³-hybridized carbons (Fsp3) is 0.118. The predicted molar refractivity (Wildman–Crippen MR) is 99.1 cm³/mol. The molecule has 1 aromatic carbocycles. The van der Waals surface area contributed by atoms with E-state index in [9.17, 15) is 18.0 Å². The Balaban J connectivity index is 1.94. The van der Waals surface area contributed by atoms with Crippen molar-refractivity contribution in [2.24, 2.45) is 12.8 Å². The summed E-state index contributed by atoms with van der Waals surface area (Å²) >= 11 is 3.20. The van der Waals surface area contributed by atoms with E-state index in [1.807, 2.05) is 0 Å². The molecule has 7 nitrogen and oxygen atoms in total. The molecule has 0 aliphatic carbocycles. The average Bonchev–Trinajstić information content (AvgIpc) is 2.99. The van der Waals surface area contributed by atoms with Crippen molar-refractivity contribution >= 4 is 33.5 Å². The van der Waals surface area contributed by atoms with E-state index < -0.39 is 18.0 Å². The summed E-state index contributed by atoms with van der Waals surface area (Å²) in [6.07, 6.45) is -1.86. The Labute approximate surface area is 165 Å². The van der Waals surface area contributed by atoms with Crippen molar-refractivity contribution in [2.45, 2.75) is 6.36 Å². The van der Waals surface area contributed by atoms with Crippen LogP contribution >= 0.6 is 15.9 Å². The first-order chi connectivity index (χ1) is 13.1. The molecule has 146 valence electrons. The summed E-state index contributed by atoms with van der Waals surface area (Å²) in [5.41, 5.74) is 6.63. The van der Waals surface area contributed by atoms with Crippen molar-refractivity contribution in [1.82, 2.24) is 14.5 Å². The Morgan fingerprint density at radius 2 is 2.04 bits per heavy atom. The maximum atomic E-state index is 12.6. The molecule has 0 saturated carbocycles. The molecule has 3 N–H and O–H groups in total. The van der Waals surface area contributed by atoms with E-state index in [4.69, 9.17) is 5.73 Å². The smallest absolute Gasteiger partial charge is 0.404 e. The second kappa shape index (κ2) is 7.50. The van der Waals surface area contributed by atoms with Crippen molar-refractivity contribution in [3.05, 3.63) is 52.8 Å². The third kappa shape index (κ3) is 4.60. The van der Waals surface area contributed by atoms with Crippen LogP contribution in [0.3, 0.4) is 0 Å². The van der Waals surface area contributed by atoms with Gasteiger partial charge in [-0.2, -0.15) is 0 Å². The number of amides is 1. The molecule has 0 spiro atoms. The van der Waals surface area contributed by atoms with Crippen LogP contribution in [0, 0.1) is 0 Å². The van der Waals surface area contributed by atoms with Crippen molar-refractivity contribution in [1.29, 1.82) is 0 Å². The molecule has 0 saturated heterocycles. The molecule has 11 heteroatoms. The second-order valence-electron chi connectivity index (χ2n) is 5.67. The number of hydrogen-bond donors (Lipinski definition) is 2. The molecule has 2 aromatic heterocycles. The SMILES string of the molecule is Cn1cc(C(N)=O)cc1-c1ccnc(Nc2cc(Br)ccc2OC(F)(F)F)n1. The largest absolute Gasteiger partial charge is 0.573 e. The lowest BCUT2D eigenvalue weighted by Gasteiger charge is -2.14. The average molecular weight is 456 g/mol. The van der Waals surface area contributed by atoms with Gasteiger partial charge in [0, 0.05) is 23.9 Å². The number of hydrogen-bond acceptors (Lipinski definition) is 5. The van der Waals surface area contributed by atoms with Gasteiger partial charge in [0.05, 0.1) is 22.6 Å². The number of halogens is 4. The van der Waals surface area contributed by atoms with E-state index in [0.717, 1.165) is 0 Å². The number of alkyl halides is 3. The Morgan fingerprint density at radius 3 is 2.68 bits per heavy atom. The maximum absolute atomic E-state index is 12.6. The Morgan fingerprint density at radius 1 is 1.29 bits per heavy atom. The maximum Gasteiger partial charge on any atom is 0.573 e. The number of nitrogens with one attached hydrogen (secondary N) is 1. The standard InChI is InChI=1S/C17H13BrF3N5O2/c1-26-8-9(15(22)27)6-13(26)11-4-5-23-16(24-11)25-12-7-10(18)2-3-14(12)28-17(19,20)21/h2-8H,1H3,(H2,22,27)(H,23,24,25). The van der Waals surface area contributed by atoms with Gasteiger partial charge >= 0.3 is 6.36 Å². The quantitative estimate of drug-likeness (QED) is 0.606. The van der Waals surface area contributed by atoms with Crippen molar-refractivity contribution < 1.29 is 22.7 Å². The molecule has 3 aromatic rings. The highest BCUT2D eigenvalue weighted by molar-refractivity contribution is 9.10. The van der Waals surface area contributed by atoms with Crippen LogP contribution in [-0.4, -0.2) is 26.8 Å². The van der Waals surface area contributed by atoms with Crippen LogP contribution in [0.4, 0.5) is 24.8 Å². The zero-order valence-corrected chi connectivity index (χ0v) is 15.9. The monoisotopic (exact) mass is 455 g/mol. The predicted octanol–water partition coefficient (Wildman–Crippen LogP) is 3.99. The topological polar surface area (TPSA) is 95.1 Å². The number of anilines is 2. The first-order valence-electron chi connectivity index (χ1n) is 7.74. The number of nitrogens with zero attached hydrogens (tertiary/aromatic N) is 3. The van der Waals surface area contributed by atoms with Crippen LogP contribution < -0.4 is 15.8 Å². The van der Waals surface area contributed by atoms with Gasteiger partial charge in [0.1, 0.15) is 0 Å². The number of primary amides is 1. The van der Waals surface area contributed by atoms with Crippen molar-refractivity contribution in [2.75, 3.05) is 5.32 Å². The number of aromatic nitrogens is 3. The van der Waals surface area contributed by atoms with Gasteiger partial charge in [-0.3, -0.25) is 4.79 Å². The van der Waals surface area contributed by atoms with Crippen molar-refractivity contribution in [3.63, 3.8) is 0 Å². The molecule has 3 rings (SSSR count). The lowest BCUT2D eigenvalue weighted by molar-refractivity contribution is -0.274. The number of rotatable bonds is 5. The second-order valence-corrected chi connectivity index (χ2v) is 6.58. The molecule has 0 radical (unpaired) electrons. The lowest BCUT2D eigenvalue weighted by Crippen LogP contribution is -2.18. The van der Waals surface area contributed by atoms with Gasteiger partial charge in [0.2, 0.25) is 11.9 Å². The van der Waals surface area contributed by atoms with E-state index in [2.05, 4.69) is 36.0 Å². The molecule has 0 fully saturated rings. The summed E-state index contributed by atoms with van der Waals surface area (Å²) < 4.78 is 44.1. The minimum atomic E-state index is -4.85. The van der Waals surface area contributed by atoms with E-state index >= 15 is 0 Å². The molecule has 0 bridgehead atoms. The third-order valence-corrected chi connectivity index (χ3v) is 4.11. The first kappa shape index (κ1) is 19.7. The molecule has 28 heavy (non-hydrogen) atoms. The van der Waals surface area contributed by atoms with Gasteiger partial charge in [0.15, 0.2) is 5.75 Å². The van der Waals surface area contributed by atoms with Crippen LogP contribution in [-0.2, 0) is 7.05 Å². The number of nitrogens with two attached hydrogens (primary N) is 1. The molecular weight excluding hydrogens is 443 g/mol. The summed E-state index contributed by atoms with van der Waals surface area (Å²) in [6, 6.07) is 7.15. The molecule has 0 aliphatic rings.